The molecule has 1 heterocycles. The maximum Gasteiger partial charge on any atom is 0.137 e. The van der Waals surface area contributed by atoms with Crippen LogP contribution in [0.2, 0.25) is 0 Å². The van der Waals surface area contributed by atoms with Crippen molar-refractivity contribution in [3.8, 4) is 0 Å². The lowest BCUT2D eigenvalue weighted by atomic mass is 9.84. The first-order valence-electron chi connectivity index (χ1n) is 7.94. The molecule has 1 aromatic heterocycles. The van der Waals surface area contributed by atoms with Crippen molar-refractivity contribution >= 4 is 0 Å². The molecule has 4 nitrogen and oxygen atoms in total. The highest BCUT2D eigenvalue weighted by molar-refractivity contribution is 5.08. The topological polar surface area (TPSA) is 56.7 Å². The molecular weight excluding hydrogens is 236 g/mol. The molecular formula is C15H26N4. The van der Waals surface area contributed by atoms with Gasteiger partial charge in [0.25, 0.3) is 0 Å². The normalized spacial score (nSPS) is 29.6. The molecule has 2 N–H and O–H groups in total. The number of rotatable bonds is 2. The van der Waals surface area contributed by atoms with Crippen LogP contribution in [0, 0.1) is 6.92 Å². The van der Waals surface area contributed by atoms with Crippen molar-refractivity contribution in [2.24, 2.45) is 5.73 Å². The minimum Gasteiger partial charge on any atom is -0.327 e. The highest BCUT2D eigenvalue weighted by Crippen LogP contribution is 2.36. The Morgan fingerprint density at radius 1 is 0.947 bits per heavy atom. The van der Waals surface area contributed by atoms with Crippen LogP contribution < -0.4 is 5.73 Å². The van der Waals surface area contributed by atoms with E-state index in [1.807, 2.05) is 0 Å². The molecule has 0 amide bonds. The zero-order valence-electron chi connectivity index (χ0n) is 12.0. The zero-order valence-corrected chi connectivity index (χ0v) is 12.0. The van der Waals surface area contributed by atoms with Crippen LogP contribution in [0.5, 0.6) is 0 Å². The number of nitrogens with two attached hydrogens (primary N) is 1. The summed E-state index contributed by atoms with van der Waals surface area (Å²) in [6.07, 6.45) is 11.5. The van der Waals surface area contributed by atoms with Crippen LogP contribution in [0.1, 0.15) is 81.4 Å². The Balaban J connectivity index is 1.88. The molecule has 0 bridgehead atoms. The first-order valence-corrected chi connectivity index (χ1v) is 7.94. The predicted octanol–water partition coefficient (Wildman–Crippen LogP) is 3.08. The van der Waals surface area contributed by atoms with E-state index in [0.717, 1.165) is 12.2 Å². The Labute approximate surface area is 115 Å². The molecule has 0 aromatic carbocycles. The van der Waals surface area contributed by atoms with Gasteiger partial charge in [-0.25, -0.2) is 0 Å². The quantitative estimate of drug-likeness (QED) is 0.891. The Bertz CT molecular complexity index is 420. The summed E-state index contributed by atoms with van der Waals surface area (Å²) in [6, 6.07) is 0.896. The average Bonchev–Trinajstić information content (AvgIpc) is 2.82. The van der Waals surface area contributed by atoms with Crippen LogP contribution in [0.3, 0.4) is 0 Å². The smallest absolute Gasteiger partial charge is 0.137 e. The monoisotopic (exact) mass is 262 g/mol. The lowest BCUT2D eigenvalue weighted by Crippen LogP contribution is -2.34. The summed E-state index contributed by atoms with van der Waals surface area (Å²) in [4.78, 5) is 0. The molecule has 0 saturated heterocycles. The van der Waals surface area contributed by atoms with Crippen LogP contribution in [-0.2, 0) is 0 Å². The fourth-order valence-corrected chi connectivity index (χ4v) is 3.91. The van der Waals surface area contributed by atoms with Gasteiger partial charge in [0.05, 0.1) is 0 Å². The molecule has 2 aliphatic rings. The first-order chi connectivity index (χ1) is 9.27. The fourth-order valence-electron chi connectivity index (χ4n) is 3.91. The molecule has 0 spiro atoms. The van der Waals surface area contributed by atoms with Gasteiger partial charge < -0.3 is 10.3 Å². The van der Waals surface area contributed by atoms with Crippen LogP contribution in [0.25, 0.3) is 0 Å². The average molecular weight is 262 g/mol. The van der Waals surface area contributed by atoms with E-state index < -0.39 is 0 Å². The summed E-state index contributed by atoms with van der Waals surface area (Å²) >= 11 is 0. The Kier molecular flexibility index (Phi) is 3.87. The van der Waals surface area contributed by atoms with Gasteiger partial charge in [0.15, 0.2) is 0 Å². The van der Waals surface area contributed by atoms with E-state index in [4.69, 9.17) is 5.73 Å². The van der Waals surface area contributed by atoms with Gasteiger partial charge in [-0.15, -0.1) is 10.2 Å². The van der Waals surface area contributed by atoms with Gasteiger partial charge in [0, 0.05) is 18.0 Å². The number of hydrogen-bond acceptors (Lipinski definition) is 3. The summed E-state index contributed by atoms with van der Waals surface area (Å²) in [5.41, 5.74) is 6.34. The molecule has 2 saturated carbocycles. The second kappa shape index (κ2) is 5.61. The minimum atomic E-state index is 0.277. The molecule has 19 heavy (non-hydrogen) atoms. The molecule has 2 fully saturated rings. The van der Waals surface area contributed by atoms with Gasteiger partial charge in [-0.1, -0.05) is 32.1 Å². The van der Waals surface area contributed by atoms with Crippen molar-refractivity contribution in [1.82, 2.24) is 14.8 Å². The second-order valence-electron chi connectivity index (χ2n) is 6.32. The zero-order chi connectivity index (χ0) is 13.2. The standard InChI is InChI=1S/C15H26N4/c1-11-17-18-15(13-9-5-6-10-14(13)16)19(11)12-7-3-2-4-8-12/h12-14H,2-10,16H2,1H3. The second-order valence-corrected chi connectivity index (χ2v) is 6.32. The lowest BCUT2D eigenvalue weighted by molar-refractivity contribution is 0.311. The molecule has 106 valence electrons. The van der Waals surface area contributed by atoms with Crippen LogP contribution >= 0.6 is 0 Å². The lowest BCUT2D eigenvalue weighted by Gasteiger charge is -2.31. The van der Waals surface area contributed by atoms with Gasteiger partial charge in [-0.05, 0) is 32.6 Å². The number of hydrogen-bond donors (Lipinski definition) is 1. The number of nitrogens with zero attached hydrogens (tertiary/aromatic N) is 3. The highest BCUT2D eigenvalue weighted by Gasteiger charge is 2.30. The summed E-state index contributed by atoms with van der Waals surface area (Å²) in [5.74, 6) is 2.69. The van der Waals surface area contributed by atoms with Crippen LogP contribution in [0.4, 0.5) is 0 Å². The Hall–Kier alpha value is -0.900. The van der Waals surface area contributed by atoms with E-state index in [1.54, 1.807) is 0 Å². The summed E-state index contributed by atoms with van der Waals surface area (Å²) in [5, 5.41) is 8.86. The molecule has 0 radical (unpaired) electrons. The van der Waals surface area contributed by atoms with Crippen molar-refractivity contribution in [1.29, 1.82) is 0 Å². The first kappa shape index (κ1) is 13.1. The molecule has 4 heteroatoms. The van der Waals surface area contributed by atoms with Crippen molar-refractivity contribution in [3.63, 3.8) is 0 Å². The van der Waals surface area contributed by atoms with E-state index in [9.17, 15) is 0 Å². The summed E-state index contributed by atoms with van der Waals surface area (Å²) in [6.45, 7) is 2.10. The van der Waals surface area contributed by atoms with Gasteiger partial charge >= 0.3 is 0 Å². The number of aromatic nitrogens is 3. The maximum absolute atomic E-state index is 6.34. The van der Waals surface area contributed by atoms with Crippen molar-refractivity contribution < 1.29 is 0 Å². The number of aryl methyl sites for hydroxylation is 1. The largest absolute Gasteiger partial charge is 0.327 e. The van der Waals surface area contributed by atoms with Crippen molar-refractivity contribution in [2.45, 2.75) is 82.7 Å². The predicted molar refractivity (Wildman–Crippen MR) is 76.1 cm³/mol. The third-order valence-electron chi connectivity index (χ3n) is 4.98. The van der Waals surface area contributed by atoms with Crippen molar-refractivity contribution in [2.75, 3.05) is 0 Å². The molecule has 2 aliphatic carbocycles. The van der Waals surface area contributed by atoms with E-state index in [-0.39, 0.29) is 6.04 Å². The van der Waals surface area contributed by atoms with Gasteiger partial charge in [-0.2, -0.15) is 0 Å². The molecule has 2 unspecified atom stereocenters. The van der Waals surface area contributed by atoms with Crippen LogP contribution in [0.15, 0.2) is 0 Å². The van der Waals surface area contributed by atoms with Crippen LogP contribution in [-0.4, -0.2) is 20.8 Å². The van der Waals surface area contributed by atoms with Gasteiger partial charge in [0.2, 0.25) is 0 Å². The van der Waals surface area contributed by atoms with Gasteiger partial charge in [-0.3, -0.25) is 0 Å². The summed E-state index contributed by atoms with van der Waals surface area (Å²) < 4.78 is 2.43. The Morgan fingerprint density at radius 3 is 2.37 bits per heavy atom. The van der Waals surface area contributed by atoms with E-state index in [1.165, 1.54) is 57.2 Å². The van der Waals surface area contributed by atoms with E-state index >= 15 is 0 Å². The molecule has 1 aromatic rings. The fraction of sp³-hybridized carbons (Fsp3) is 0.867. The SMILES string of the molecule is Cc1nnc(C2CCCCC2N)n1C1CCCCC1. The third-order valence-corrected chi connectivity index (χ3v) is 4.98. The maximum atomic E-state index is 6.34. The third kappa shape index (κ3) is 2.55. The summed E-state index contributed by atoms with van der Waals surface area (Å²) in [7, 11) is 0. The van der Waals surface area contributed by atoms with E-state index in [2.05, 4.69) is 21.7 Å². The van der Waals surface area contributed by atoms with Gasteiger partial charge in [0.1, 0.15) is 11.6 Å². The minimum absolute atomic E-state index is 0.277. The Morgan fingerprint density at radius 2 is 1.63 bits per heavy atom. The molecule has 2 atom stereocenters. The van der Waals surface area contributed by atoms with Crippen molar-refractivity contribution in [3.05, 3.63) is 11.6 Å². The molecule has 3 rings (SSSR count). The van der Waals surface area contributed by atoms with E-state index in [0.29, 0.717) is 12.0 Å². The molecule has 0 aliphatic heterocycles. The highest BCUT2D eigenvalue weighted by atomic mass is 15.3.